The molecule has 0 bridgehead atoms. The molecule has 1 aromatic heterocycles. The molecule has 0 aliphatic heterocycles. The Labute approximate surface area is 285 Å². The maximum atomic E-state index is 13.9. The molecule has 4 rings (SSSR count). The van der Waals surface area contributed by atoms with E-state index in [1.165, 1.54) is 57.9 Å². The van der Waals surface area contributed by atoms with Gasteiger partial charge in [0.05, 0.1) is 46.6 Å². The normalized spacial score (nSPS) is 16.2. The quantitative estimate of drug-likeness (QED) is 0.0858. The summed E-state index contributed by atoms with van der Waals surface area (Å²) in [6.07, 6.45) is 1.43. The number of thiazole rings is 1. The number of rotatable bonds is 16. The van der Waals surface area contributed by atoms with Gasteiger partial charge in [0.15, 0.2) is 0 Å². The van der Waals surface area contributed by atoms with Crippen LogP contribution in [0.25, 0.3) is 0 Å². The summed E-state index contributed by atoms with van der Waals surface area (Å²) in [5, 5.41) is 42.0. The van der Waals surface area contributed by atoms with E-state index < -0.39 is 46.3 Å². The van der Waals surface area contributed by atoms with Crippen LogP contribution in [0.1, 0.15) is 48.0 Å². The Kier molecular flexibility index (Phi) is 13.1. The number of hydrogen-bond donors (Lipinski definition) is 5. The molecular formula is C33H44N6O7S2. The molecule has 1 aliphatic rings. The third-order valence-electron chi connectivity index (χ3n) is 8.35. The van der Waals surface area contributed by atoms with Crippen molar-refractivity contribution in [3.05, 3.63) is 81.8 Å². The van der Waals surface area contributed by atoms with Crippen LogP contribution in [0.3, 0.4) is 0 Å². The van der Waals surface area contributed by atoms with Gasteiger partial charge in [-0.15, -0.1) is 11.3 Å². The molecule has 0 unspecified atom stereocenters. The molecule has 1 aliphatic carbocycles. The highest BCUT2D eigenvalue weighted by Crippen LogP contribution is 2.30. The minimum Gasteiger partial charge on any atom is -0.411 e. The Morgan fingerprint density at radius 2 is 1.79 bits per heavy atom. The molecule has 260 valence electrons. The average molecular weight is 701 g/mol. The Balaban J connectivity index is 1.54. The van der Waals surface area contributed by atoms with Crippen molar-refractivity contribution in [2.24, 2.45) is 11.1 Å². The van der Waals surface area contributed by atoms with E-state index >= 15 is 0 Å². The number of nitrogens with one attached hydrogen (secondary N) is 2. The lowest BCUT2D eigenvalue weighted by molar-refractivity contribution is -0.127. The zero-order chi connectivity index (χ0) is 34.8. The molecule has 13 nitrogen and oxygen atoms in total. The van der Waals surface area contributed by atoms with Crippen molar-refractivity contribution in [2.45, 2.75) is 75.3 Å². The molecule has 3 aromatic rings. The van der Waals surface area contributed by atoms with Gasteiger partial charge in [-0.1, -0.05) is 54.0 Å². The number of urea groups is 1. The first kappa shape index (κ1) is 36.9. The third-order valence-corrected chi connectivity index (χ3v) is 11.0. The van der Waals surface area contributed by atoms with E-state index in [2.05, 4.69) is 20.8 Å². The lowest BCUT2D eigenvalue weighted by Gasteiger charge is -2.35. The lowest BCUT2D eigenvalue weighted by Crippen LogP contribution is -2.59. The van der Waals surface area contributed by atoms with Crippen molar-refractivity contribution in [2.75, 3.05) is 20.1 Å². The van der Waals surface area contributed by atoms with Crippen molar-refractivity contribution in [1.29, 1.82) is 0 Å². The summed E-state index contributed by atoms with van der Waals surface area (Å²) in [6.45, 7) is 3.32. The van der Waals surface area contributed by atoms with Gasteiger partial charge < -0.3 is 31.0 Å². The highest BCUT2D eigenvalue weighted by Gasteiger charge is 2.35. The topological polar surface area (TPSA) is 185 Å². The number of amides is 3. The SMILES string of the molecule is Cc1nc(CN(C)C(=O)N[C@H](C(=O)N[C@@H](Cc2ccccc2)[C@H](O)CN(CC2CCC2)S(=O)(=O)c2ccc(/C=N/O)cc2)[C@H](C)O)cs1. The van der Waals surface area contributed by atoms with E-state index in [1.807, 2.05) is 42.6 Å². The molecule has 0 radical (unpaired) electrons. The summed E-state index contributed by atoms with van der Waals surface area (Å²) in [7, 11) is -2.52. The van der Waals surface area contributed by atoms with Gasteiger partial charge in [-0.2, -0.15) is 4.31 Å². The van der Waals surface area contributed by atoms with Gasteiger partial charge in [-0.05, 0) is 62.3 Å². The number of carbonyl (C=O) groups excluding carboxylic acids is 2. The summed E-state index contributed by atoms with van der Waals surface area (Å²) >= 11 is 1.45. The predicted octanol–water partition coefficient (Wildman–Crippen LogP) is 2.73. The Morgan fingerprint density at radius 1 is 1.10 bits per heavy atom. The first-order valence-corrected chi connectivity index (χ1v) is 18.1. The molecule has 15 heteroatoms. The van der Waals surface area contributed by atoms with E-state index in [-0.39, 0.29) is 36.9 Å². The van der Waals surface area contributed by atoms with Crippen LogP contribution in [0.4, 0.5) is 4.79 Å². The van der Waals surface area contributed by atoms with Crippen LogP contribution in [-0.2, 0) is 27.8 Å². The standard InChI is InChI=1S/C33H44N6O7S2/c1-22(40)31(37-33(43)38(3)19-27-21-47-23(2)35-27)32(42)36-29(16-24-8-5-4-6-9-24)30(41)20-39(18-26-10-7-11-26)48(45,46)28-14-12-25(13-15-28)17-34-44/h4-6,8-9,12-15,17,21-22,26,29-31,40-41,44H,7,10-11,16,18-20H2,1-3H3,(H,36,42)(H,37,43)/b34-17+/t22-,29-,30+,31-/m0/s1. The molecule has 1 heterocycles. The van der Waals surface area contributed by atoms with Gasteiger partial charge in [-0.25, -0.2) is 18.2 Å². The molecule has 0 spiro atoms. The van der Waals surface area contributed by atoms with Gasteiger partial charge in [0.25, 0.3) is 0 Å². The minimum atomic E-state index is -4.07. The molecular weight excluding hydrogens is 657 g/mol. The zero-order valence-corrected chi connectivity index (χ0v) is 28.9. The molecule has 1 saturated carbocycles. The summed E-state index contributed by atoms with van der Waals surface area (Å²) in [4.78, 5) is 32.4. The fraction of sp³-hybridized carbons (Fsp3) is 0.455. The maximum absolute atomic E-state index is 13.9. The largest absolute Gasteiger partial charge is 0.411 e. The number of nitrogens with zero attached hydrogens (tertiary/aromatic N) is 4. The third kappa shape index (κ3) is 10.1. The number of oxime groups is 1. The Morgan fingerprint density at radius 3 is 2.35 bits per heavy atom. The van der Waals surface area contributed by atoms with Crippen LogP contribution < -0.4 is 10.6 Å². The summed E-state index contributed by atoms with van der Waals surface area (Å²) in [6, 6.07) is 12.0. The van der Waals surface area contributed by atoms with E-state index in [0.717, 1.165) is 29.8 Å². The number of aryl methyl sites for hydroxylation is 1. The van der Waals surface area contributed by atoms with Crippen molar-refractivity contribution < 1.29 is 33.4 Å². The number of aliphatic hydroxyl groups is 2. The molecule has 4 atom stereocenters. The Hall–Kier alpha value is -3.89. The molecule has 48 heavy (non-hydrogen) atoms. The number of hydrogen-bond acceptors (Lipinski definition) is 10. The van der Waals surface area contributed by atoms with Crippen molar-refractivity contribution >= 4 is 39.5 Å². The van der Waals surface area contributed by atoms with Crippen LogP contribution >= 0.6 is 11.3 Å². The minimum absolute atomic E-state index is 0.0153. The zero-order valence-electron chi connectivity index (χ0n) is 27.3. The van der Waals surface area contributed by atoms with E-state index in [0.29, 0.717) is 11.3 Å². The fourth-order valence-corrected chi connectivity index (χ4v) is 7.52. The van der Waals surface area contributed by atoms with Crippen LogP contribution in [0.15, 0.2) is 70.0 Å². The van der Waals surface area contributed by atoms with Gasteiger partial charge in [0.1, 0.15) is 6.04 Å². The van der Waals surface area contributed by atoms with Crippen LogP contribution in [0.2, 0.25) is 0 Å². The maximum Gasteiger partial charge on any atom is 0.318 e. The first-order valence-electron chi connectivity index (χ1n) is 15.8. The second-order valence-corrected chi connectivity index (χ2v) is 15.2. The number of aromatic nitrogens is 1. The second-order valence-electron chi connectivity index (χ2n) is 12.2. The van der Waals surface area contributed by atoms with Gasteiger partial charge in [0.2, 0.25) is 15.9 Å². The average Bonchev–Trinajstić information content (AvgIpc) is 3.44. The second kappa shape index (κ2) is 17.0. The predicted molar refractivity (Wildman–Crippen MR) is 182 cm³/mol. The molecule has 3 amide bonds. The first-order chi connectivity index (χ1) is 22.9. The van der Waals surface area contributed by atoms with Crippen molar-refractivity contribution in [1.82, 2.24) is 24.8 Å². The van der Waals surface area contributed by atoms with E-state index in [1.54, 1.807) is 7.05 Å². The fourth-order valence-electron chi connectivity index (χ4n) is 5.38. The summed E-state index contributed by atoms with van der Waals surface area (Å²) in [5.74, 6) is -0.597. The molecule has 2 aromatic carbocycles. The van der Waals surface area contributed by atoms with Crippen LogP contribution in [0.5, 0.6) is 0 Å². The van der Waals surface area contributed by atoms with Gasteiger partial charge in [0, 0.05) is 25.5 Å². The molecule has 5 N–H and O–H groups in total. The van der Waals surface area contributed by atoms with Gasteiger partial charge in [-0.3, -0.25) is 4.79 Å². The smallest absolute Gasteiger partial charge is 0.318 e. The van der Waals surface area contributed by atoms with Crippen LogP contribution in [0, 0.1) is 12.8 Å². The lowest BCUT2D eigenvalue weighted by atomic mass is 9.85. The highest BCUT2D eigenvalue weighted by atomic mass is 32.2. The van der Waals surface area contributed by atoms with Gasteiger partial charge >= 0.3 is 6.03 Å². The van der Waals surface area contributed by atoms with Crippen LogP contribution in [-0.4, -0.2) is 101 Å². The van der Waals surface area contributed by atoms with E-state index in [4.69, 9.17) is 5.21 Å². The van der Waals surface area contributed by atoms with E-state index in [9.17, 15) is 28.2 Å². The summed E-state index contributed by atoms with van der Waals surface area (Å²) < 4.78 is 29.0. The van der Waals surface area contributed by atoms with Crippen molar-refractivity contribution in [3.8, 4) is 0 Å². The summed E-state index contributed by atoms with van der Waals surface area (Å²) in [5.41, 5.74) is 1.99. The highest BCUT2D eigenvalue weighted by molar-refractivity contribution is 7.89. The molecule has 1 fully saturated rings. The Bertz CT molecular complexity index is 1630. The number of benzene rings is 2. The van der Waals surface area contributed by atoms with Crippen molar-refractivity contribution in [3.63, 3.8) is 0 Å². The monoisotopic (exact) mass is 700 g/mol. The molecule has 0 saturated heterocycles. The number of carbonyl (C=O) groups is 2. The number of aliphatic hydroxyl groups excluding tert-OH is 2. The number of sulfonamides is 1.